The lowest BCUT2D eigenvalue weighted by atomic mass is 9.40. The van der Waals surface area contributed by atoms with E-state index in [0.717, 1.165) is 30.5 Å². The number of carbonyl (C=O) groups is 1. The van der Waals surface area contributed by atoms with Gasteiger partial charge in [0.25, 0.3) is 0 Å². The van der Waals surface area contributed by atoms with Gasteiger partial charge in [0, 0.05) is 18.4 Å². The minimum atomic E-state index is -0.0475. The minimum absolute atomic E-state index is 0.0475. The maximum absolute atomic E-state index is 13.2. The first kappa shape index (κ1) is 14.9. The fraction of sp³-hybridized carbons (Fsp3) is 0.941. The minimum Gasteiger partial charge on any atom is -0.342 e. The van der Waals surface area contributed by atoms with E-state index >= 15 is 0 Å². The monoisotopic (exact) mass is 341 g/mol. The zero-order valence-corrected chi connectivity index (χ0v) is 14.9. The molecule has 2 nitrogen and oxygen atoms in total. The van der Waals surface area contributed by atoms with Gasteiger partial charge in [-0.05, 0) is 62.2 Å². The second-order valence-corrected chi connectivity index (χ2v) is 9.48. The van der Waals surface area contributed by atoms with Gasteiger partial charge in [-0.25, -0.2) is 0 Å². The Labute approximate surface area is 131 Å². The van der Waals surface area contributed by atoms with Gasteiger partial charge < -0.3 is 4.90 Å². The highest BCUT2D eigenvalue weighted by atomic mass is 79.9. The molecule has 4 aliphatic rings. The van der Waals surface area contributed by atoms with E-state index in [-0.39, 0.29) is 11.5 Å². The van der Waals surface area contributed by atoms with E-state index in [0.29, 0.717) is 16.7 Å². The van der Waals surface area contributed by atoms with Crippen molar-refractivity contribution in [1.82, 2.24) is 4.90 Å². The molecule has 4 aliphatic carbocycles. The molecule has 4 bridgehead atoms. The first-order chi connectivity index (χ1) is 9.21. The molecule has 114 valence electrons. The standard InChI is InChI=1S/C17H28BrNO/c1-12(8-18)19(4)14(20)17-7-13-5-15(2,10-17)9-16(3,6-13)11-17/h12-13H,5-11H2,1-4H3. The van der Waals surface area contributed by atoms with Crippen LogP contribution in [-0.2, 0) is 4.79 Å². The van der Waals surface area contributed by atoms with Crippen LogP contribution >= 0.6 is 15.9 Å². The van der Waals surface area contributed by atoms with Crippen LogP contribution in [0.25, 0.3) is 0 Å². The second-order valence-electron chi connectivity index (χ2n) is 8.83. The number of carbonyl (C=O) groups excluding carboxylic acids is 1. The lowest BCUT2D eigenvalue weighted by molar-refractivity contribution is -0.179. The first-order valence-electron chi connectivity index (χ1n) is 8.04. The van der Waals surface area contributed by atoms with E-state index in [1.165, 1.54) is 19.3 Å². The molecule has 0 heterocycles. The topological polar surface area (TPSA) is 20.3 Å². The summed E-state index contributed by atoms with van der Waals surface area (Å²) in [4.78, 5) is 15.2. The Morgan fingerprint density at radius 2 is 1.75 bits per heavy atom. The zero-order chi connectivity index (χ0) is 14.8. The van der Waals surface area contributed by atoms with Crippen LogP contribution in [0.2, 0.25) is 0 Å². The van der Waals surface area contributed by atoms with Gasteiger partial charge in [-0.1, -0.05) is 29.8 Å². The zero-order valence-electron chi connectivity index (χ0n) is 13.3. The van der Waals surface area contributed by atoms with Crippen LogP contribution in [0.1, 0.15) is 59.3 Å². The number of halogens is 1. The summed E-state index contributed by atoms with van der Waals surface area (Å²) in [5, 5.41) is 0.864. The Hall–Kier alpha value is -0.0500. The van der Waals surface area contributed by atoms with Crippen LogP contribution in [0.5, 0.6) is 0 Å². The third-order valence-electron chi connectivity index (χ3n) is 6.28. The van der Waals surface area contributed by atoms with Gasteiger partial charge in [0.2, 0.25) is 5.91 Å². The van der Waals surface area contributed by atoms with Crippen molar-refractivity contribution in [2.75, 3.05) is 12.4 Å². The fourth-order valence-electron chi connectivity index (χ4n) is 6.36. The molecule has 1 amide bonds. The summed E-state index contributed by atoms with van der Waals surface area (Å²) in [5.41, 5.74) is 0.790. The van der Waals surface area contributed by atoms with Crippen LogP contribution in [0.4, 0.5) is 0 Å². The molecule has 0 aromatic heterocycles. The van der Waals surface area contributed by atoms with E-state index in [1.807, 2.05) is 11.9 Å². The van der Waals surface area contributed by atoms with Gasteiger partial charge in [-0.15, -0.1) is 0 Å². The van der Waals surface area contributed by atoms with E-state index in [2.05, 4.69) is 36.7 Å². The highest BCUT2D eigenvalue weighted by Crippen LogP contribution is 2.69. The van der Waals surface area contributed by atoms with Crippen molar-refractivity contribution in [3.8, 4) is 0 Å². The smallest absolute Gasteiger partial charge is 0.228 e. The van der Waals surface area contributed by atoms with Crippen molar-refractivity contribution in [3.05, 3.63) is 0 Å². The molecule has 3 heteroatoms. The van der Waals surface area contributed by atoms with Gasteiger partial charge in [-0.2, -0.15) is 0 Å². The number of nitrogens with zero attached hydrogens (tertiary/aromatic N) is 1. The average molecular weight is 342 g/mol. The molecule has 0 spiro atoms. The van der Waals surface area contributed by atoms with Gasteiger partial charge in [0.1, 0.15) is 0 Å². The summed E-state index contributed by atoms with van der Waals surface area (Å²) in [6.45, 7) is 7.01. The van der Waals surface area contributed by atoms with Crippen molar-refractivity contribution in [1.29, 1.82) is 0 Å². The van der Waals surface area contributed by atoms with E-state index < -0.39 is 0 Å². The summed E-state index contributed by atoms with van der Waals surface area (Å²) in [6, 6.07) is 0.288. The number of hydrogen-bond acceptors (Lipinski definition) is 1. The number of amides is 1. The lowest BCUT2D eigenvalue weighted by Crippen LogP contribution is -2.60. The molecule has 0 saturated heterocycles. The predicted molar refractivity (Wildman–Crippen MR) is 85.9 cm³/mol. The van der Waals surface area contributed by atoms with Crippen LogP contribution in [0.3, 0.4) is 0 Å². The summed E-state index contributed by atoms with van der Waals surface area (Å²) >= 11 is 3.52. The molecule has 3 unspecified atom stereocenters. The summed E-state index contributed by atoms with van der Waals surface area (Å²) < 4.78 is 0. The van der Waals surface area contributed by atoms with E-state index in [9.17, 15) is 4.79 Å². The SMILES string of the molecule is CC(CBr)N(C)C(=O)C12CC3CC(C)(CC(C)(C3)C1)C2. The Bertz CT molecular complexity index is 417. The summed E-state index contributed by atoms with van der Waals surface area (Å²) in [6.07, 6.45) is 7.46. The van der Waals surface area contributed by atoms with E-state index in [1.54, 1.807) is 0 Å². The Balaban J connectivity index is 1.91. The fourth-order valence-corrected chi connectivity index (χ4v) is 6.80. The van der Waals surface area contributed by atoms with Crippen molar-refractivity contribution < 1.29 is 4.79 Å². The van der Waals surface area contributed by atoms with Crippen LogP contribution < -0.4 is 0 Å². The highest BCUT2D eigenvalue weighted by Gasteiger charge is 2.63. The maximum Gasteiger partial charge on any atom is 0.228 e. The number of alkyl halides is 1. The van der Waals surface area contributed by atoms with Gasteiger partial charge in [0.05, 0.1) is 5.41 Å². The molecule has 0 aromatic carbocycles. The molecule has 0 radical (unpaired) electrons. The van der Waals surface area contributed by atoms with Gasteiger partial charge in [-0.3, -0.25) is 4.79 Å². The molecular weight excluding hydrogens is 314 g/mol. The van der Waals surface area contributed by atoms with Crippen molar-refractivity contribution >= 4 is 21.8 Å². The maximum atomic E-state index is 13.2. The quantitative estimate of drug-likeness (QED) is 0.703. The molecule has 0 aliphatic heterocycles. The Kier molecular flexibility index (Phi) is 3.32. The van der Waals surface area contributed by atoms with Crippen molar-refractivity contribution in [3.63, 3.8) is 0 Å². The molecule has 4 saturated carbocycles. The average Bonchev–Trinajstić information content (AvgIpc) is 2.31. The van der Waals surface area contributed by atoms with Crippen molar-refractivity contribution in [2.24, 2.45) is 22.2 Å². The molecule has 4 fully saturated rings. The molecular formula is C17H28BrNO. The molecule has 3 atom stereocenters. The normalized spacial score (nSPS) is 47.4. The van der Waals surface area contributed by atoms with E-state index in [4.69, 9.17) is 0 Å². The predicted octanol–water partition coefficient (Wildman–Crippen LogP) is 4.22. The Morgan fingerprint density at radius 3 is 2.20 bits per heavy atom. The molecule has 0 aromatic rings. The highest BCUT2D eigenvalue weighted by molar-refractivity contribution is 9.09. The molecule has 4 rings (SSSR count). The number of rotatable bonds is 3. The third kappa shape index (κ3) is 2.15. The first-order valence-corrected chi connectivity index (χ1v) is 9.16. The third-order valence-corrected chi connectivity index (χ3v) is 7.22. The second kappa shape index (κ2) is 4.47. The largest absolute Gasteiger partial charge is 0.342 e. The van der Waals surface area contributed by atoms with Crippen LogP contribution in [0, 0.1) is 22.2 Å². The summed E-state index contributed by atoms with van der Waals surface area (Å²) in [7, 11) is 2.00. The van der Waals surface area contributed by atoms with Gasteiger partial charge >= 0.3 is 0 Å². The van der Waals surface area contributed by atoms with Crippen LogP contribution in [-0.4, -0.2) is 29.2 Å². The van der Waals surface area contributed by atoms with Crippen LogP contribution in [0.15, 0.2) is 0 Å². The summed E-state index contributed by atoms with van der Waals surface area (Å²) in [5.74, 6) is 1.21. The molecule has 0 N–H and O–H groups in total. The van der Waals surface area contributed by atoms with Gasteiger partial charge in [0.15, 0.2) is 0 Å². The van der Waals surface area contributed by atoms with Crippen molar-refractivity contribution in [2.45, 2.75) is 65.3 Å². The lowest BCUT2D eigenvalue weighted by Gasteiger charge is -2.65. The molecule has 20 heavy (non-hydrogen) atoms. The number of hydrogen-bond donors (Lipinski definition) is 0. The Morgan fingerprint density at radius 1 is 1.20 bits per heavy atom.